The molecule has 0 heterocycles. The second kappa shape index (κ2) is 10.4. The Morgan fingerprint density at radius 2 is 1.36 bits per heavy atom. The molecule has 0 aliphatic rings. The highest BCUT2D eigenvalue weighted by Crippen LogP contribution is 2.26. The highest BCUT2D eigenvalue weighted by molar-refractivity contribution is 8.00. The molecule has 0 aliphatic heterocycles. The Bertz CT molecular complexity index is 1180. The van der Waals surface area contributed by atoms with E-state index < -0.39 is 16.1 Å². The van der Waals surface area contributed by atoms with Crippen LogP contribution < -0.4 is 16.4 Å². The Balaban J connectivity index is 1.54. The van der Waals surface area contributed by atoms with E-state index in [-0.39, 0.29) is 17.5 Å². The molecule has 0 spiro atoms. The monoisotopic (exact) mass is 464 g/mol. The van der Waals surface area contributed by atoms with Crippen LogP contribution in [0.15, 0.2) is 77.7 Å². The molecule has 3 amide bonds. The molecule has 0 saturated carbocycles. The van der Waals surface area contributed by atoms with Gasteiger partial charge in [-0.25, -0.2) is 0 Å². The van der Waals surface area contributed by atoms with Gasteiger partial charge in [0.15, 0.2) is 0 Å². The summed E-state index contributed by atoms with van der Waals surface area (Å²) in [6, 6.07) is 18.6. The number of non-ortho nitro benzene ring substituents is 1. The van der Waals surface area contributed by atoms with Gasteiger partial charge in [0.2, 0.25) is 11.8 Å². The van der Waals surface area contributed by atoms with E-state index in [0.717, 1.165) is 4.90 Å². The fraction of sp³-hybridized carbons (Fsp3) is 0.0870. The average molecular weight is 465 g/mol. The lowest BCUT2D eigenvalue weighted by atomic mass is 10.2. The van der Waals surface area contributed by atoms with E-state index in [1.807, 2.05) is 0 Å². The number of nitrogens with two attached hydrogens (primary N) is 1. The van der Waals surface area contributed by atoms with Crippen LogP contribution >= 0.6 is 11.8 Å². The molecular formula is C23H20N4O5S. The first-order valence-electron chi connectivity index (χ1n) is 9.76. The van der Waals surface area contributed by atoms with E-state index in [9.17, 15) is 24.5 Å². The molecule has 0 radical (unpaired) electrons. The molecule has 3 rings (SSSR count). The molecule has 0 fully saturated rings. The third-order valence-corrected chi connectivity index (χ3v) is 5.68. The van der Waals surface area contributed by atoms with Crippen molar-refractivity contribution >= 4 is 46.5 Å². The molecule has 1 atom stereocenters. The zero-order valence-corrected chi connectivity index (χ0v) is 18.3. The minimum Gasteiger partial charge on any atom is -0.366 e. The van der Waals surface area contributed by atoms with Crippen molar-refractivity contribution in [2.45, 2.75) is 17.1 Å². The molecule has 10 heteroatoms. The standard InChI is InChI=1S/C23H20N4O5S/c1-14(22(29)25-17-6-2-15(3-7-17)21(24)28)33-20-12-8-18(9-13-20)26-23(30)16-4-10-19(11-5-16)27(31)32/h2-14H,1H3,(H2,24,28)(H,25,29)(H,26,30). The predicted octanol–water partition coefficient (Wildman–Crippen LogP) is 4.07. The third-order valence-electron chi connectivity index (χ3n) is 4.57. The van der Waals surface area contributed by atoms with Crippen molar-refractivity contribution in [2.24, 2.45) is 5.73 Å². The number of nitro benzene ring substituents is 1. The molecule has 0 saturated heterocycles. The average Bonchev–Trinajstić information content (AvgIpc) is 2.80. The number of nitrogens with zero attached hydrogens (tertiary/aromatic N) is 1. The van der Waals surface area contributed by atoms with Crippen molar-refractivity contribution in [3.8, 4) is 0 Å². The quantitative estimate of drug-likeness (QED) is 0.260. The number of nitrogens with one attached hydrogen (secondary N) is 2. The number of hydrogen-bond donors (Lipinski definition) is 3. The Labute approximate surface area is 193 Å². The molecule has 3 aromatic rings. The minimum absolute atomic E-state index is 0.0891. The molecule has 1 unspecified atom stereocenters. The molecule has 4 N–H and O–H groups in total. The zero-order chi connectivity index (χ0) is 24.0. The number of benzene rings is 3. The predicted molar refractivity (Wildman–Crippen MR) is 126 cm³/mol. The maximum atomic E-state index is 12.4. The number of carbonyl (C=O) groups is 3. The minimum atomic E-state index is -0.538. The summed E-state index contributed by atoms with van der Waals surface area (Å²) < 4.78 is 0. The summed E-state index contributed by atoms with van der Waals surface area (Å²) in [5.41, 5.74) is 6.88. The summed E-state index contributed by atoms with van der Waals surface area (Å²) >= 11 is 1.34. The van der Waals surface area contributed by atoms with Gasteiger partial charge in [-0.15, -0.1) is 11.8 Å². The van der Waals surface area contributed by atoms with E-state index in [1.165, 1.54) is 36.0 Å². The largest absolute Gasteiger partial charge is 0.366 e. The van der Waals surface area contributed by atoms with Gasteiger partial charge >= 0.3 is 0 Å². The van der Waals surface area contributed by atoms with E-state index in [4.69, 9.17) is 5.73 Å². The van der Waals surface area contributed by atoms with Crippen LogP contribution in [0.1, 0.15) is 27.6 Å². The molecule has 9 nitrogen and oxygen atoms in total. The molecular weight excluding hydrogens is 444 g/mol. The first-order chi connectivity index (χ1) is 15.7. The first-order valence-corrected chi connectivity index (χ1v) is 10.6. The molecule has 0 aromatic heterocycles. The van der Waals surface area contributed by atoms with Crippen molar-refractivity contribution in [3.63, 3.8) is 0 Å². The third kappa shape index (κ3) is 6.40. The van der Waals surface area contributed by atoms with Gasteiger partial charge < -0.3 is 16.4 Å². The smallest absolute Gasteiger partial charge is 0.269 e. The summed E-state index contributed by atoms with van der Waals surface area (Å²) in [6.07, 6.45) is 0. The maximum Gasteiger partial charge on any atom is 0.269 e. The van der Waals surface area contributed by atoms with Gasteiger partial charge in [-0.05, 0) is 67.6 Å². The second-order valence-corrected chi connectivity index (χ2v) is 8.39. The van der Waals surface area contributed by atoms with Crippen LogP contribution in [0.2, 0.25) is 0 Å². The number of nitro groups is 1. The van der Waals surface area contributed by atoms with Gasteiger partial charge in [-0.3, -0.25) is 24.5 Å². The van der Waals surface area contributed by atoms with Crippen molar-refractivity contribution in [2.75, 3.05) is 10.6 Å². The normalized spacial score (nSPS) is 11.3. The Morgan fingerprint density at radius 3 is 1.91 bits per heavy atom. The lowest BCUT2D eigenvalue weighted by molar-refractivity contribution is -0.384. The highest BCUT2D eigenvalue weighted by Gasteiger charge is 2.15. The van der Waals surface area contributed by atoms with E-state index in [2.05, 4.69) is 10.6 Å². The molecule has 168 valence electrons. The Hall–Kier alpha value is -4.18. The molecule has 3 aromatic carbocycles. The van der Waals surface area contributed by atoms with E-state index >= 15 is 0 Å². The van der Waals surface area contributed by atoms with Gasteiger partial charge in [-0.2, -0.15) is 0 Å². The van der Waals surface area contributed by atoms with Crippen molar-refractivity contribution in [1.82, 2.24) is 0 Å². The number of thioether (sulfide) groups is 1. The van der Waals surface area contributed by atoms with E-state index in [1.54, 1.807) is 55.5 Å². The fourth-order valence-corrected chi connectivity index (χ4v) is 3.64. The van der Waals surface area contributed by atoms with Crippen molar-refractivity contribution in [3.05, 3.63) is 94.0 Å². The first kappa shape index (κ1) is 23.5. The second-order valence-electron chi connectivity index (χ2n) is 6.97. The van der Waals surface area contributed by atoms with Gasteiger partial charge in [-0.1, -0.05) is 0 Å². The van der Waals surface area contributed by atoms with E-state index in [0.29, 0.717) is 22.5 Å². The van der Waals surface area contributed by atoms with Crippen LogP contribution in [0.3, 0.4) is 0 Å². The topological polar surface area (TPSA) is 144 Å². The Kier molecular flexibility index (Phi) is 7.42. The number of rotatable bonds is 8. The zero-order valence-electron chi connectivity index (χ0n) is 17.5. The van der Waals surface area contributed by atoms with Crippen LogP contribution in [0.5, 0.6) is 0 Å². The summed E-state index contributed by atoms with van der Waals surface area (Å²) in [5.74, 6) is -1.13. The molecule has 0 aliphatic carbocycles. The number of hydrogen-bond acceptors (Lipinski definition) is 6. The fourth-order valence-electron chi connectivity index (χ4n) is 2.77. The SMILES string of the molecule is CC(Sc1ccc(NC(=O)c2ccc([N+](=O)[O-])cc2)cc1)C(=O)Nc1ccc(C(N)=O)cc1. The lowest BCUT2D eigenvalue weighted by Gasteiger charge is -2.13. The van der Waals surface area contributed by atoms with Gasteiger partial charge in [0.05, 0.1) is 10.2 Å². The van der Waals surface area contributed by atoms with Crippen LogP contribution in [-0.2, 0) is 4.79 Å². The van der Waals surface area contributed by atoms with Crippen LogP contribution in [0.25, 0.3) is 0 Å². The maximum absolute atomic E-state index is 12.4. The number of primary amides is 1. The summed E-state index contributed by atoms with van der Waals surface area (Å²) in [7, 11) is 0. The van der Waals surface area contributed by atoms with Crippen LogP contribution in [0.4, 0.5) is 17.1 Å². The Morgan fingerprint density at radius 1 is 0.848 bits per heavy atom. The number of anilines is 2. The summed E-state index contributed by atoms with van der Waals surface area (Å²) in [5, 5.41) is 15.8. The number of carbonyl (C=O) groups excluding carboxylic acids is 3. The van der Waals surface area contributed by atoms with Crippen molar-refractivity contribution < 1.29 is 19.3 Å². The lowest BCUT2D eigenvalue weighted by Crippen LogP contribution is -2.22. The molecule has 0 bridgehead atoms. The van der Waals surface area contributed by atoms with Gasteiger partial charge in [0, 0.05) is 39.5 Å². The molecule has 33 heavy (non-hydrogen) atoms. The summed E-state index contributed by atoms with van der Waals surface area (Å²) in [4.78, 5) is 46.9. The van der Waals surface area contributed by atoms with Crippen LogP contribution in [0, 0.1) is 10.1 Å². The summed E-state index contributed by atoms with van der Waals surface area (Å²) in [6.45, 7) is 1.77. The van der Waals surface area contributed by atoms with Crippen molar-refractivity contribution in [1.29, 1.82) is 0 Å². The van der Waals surface area contributed by atoms with Gasteiger partial charge in [0.1, 0.15) is 0 Å². The van der Waals surface area contributed by atoms with Crippen LogP contribution in [-0.4, -0.2) is 27.9 Å². The number of amides is 3. The van der Waals surface area contributed by atoms with Gasteiger partial charge in [0.25, 0.3) is 11.6 Å². The highest BCUT2D eigenvalue weighted by atomic mass is 32.2.